The van der Waals surface area contributed by atoms with Gasteiger partial charge in [-0.2, -0.15) is 8.42 Å². The molecule has 0 aliphatic heterocycles. The van der Waals surface area contributed by atoms with Crippen LogP contribution in [0, 0.1) is 0 Å². The van der Waals surface area contributed by atoms with Crippen LogP contribution in [0.5, 0.6) is 0 Å². The molecule has 0 radical (unpaired) electrons. The quantitative estimate of drug-likeness (QED) is 0.115. The summed E-state index contributed by atoms with van der Waals surface area (Å²) in [6.07, 6.45) is 11.5. The summed E-state index contributed by atoms with van der Waals surface area (Å²) >= 11 is 0. The van der Waals surface area contributed by atoms with Crippen LogP contribution in [0.1, 0.15) is 71.1 Å². The third-order valence-corrected chi connectivity index (χ3v) is 5.07. The van der Waals surface area contributed by atoms with E-state index in [1.807, 2.05) is 0 Å². The lowest BCUT2D eigenvalue weighted by atomic mass is 10.1. The topological polar surface area (TPSA) is 168 Å². The van der Waals surface area contributed by atoms with Crippen LogP contribution in [-0.2, 0) is 14.9 Å². The first-order chi connectivity index (χ1) is 15.2. The van der Waals surface area contributed by atoms with Crippen molar-refractivity contribution < 1.29 is 38.2 Å². The second-order valence-corrected chi connectivity index (χ2v) is 8.95. The number of hydrogen-bond acceptors (Lipinski definition) is 8. The van der Waals surface area contributed by atoms with Gasteiger partial charge in [-0.1, -0.05) is 58.3 Å². The van der Waals surface area contributed by atoms with Crippen molar-refractivity contribution in [1.29, 1.82) is 0 Å². The summed E-state index contributed by atoms with van der Waals surface area (Å²) in [5, 5.41) is 36.5. The molecule has 0 aliphatic rings. The monoisotopic (exact) mass is 488 g/mol. The Balaban J connectivity index is -0.000000413. The minimum absolute atomic E-state index is 0.0694. The van der Waals surface area contributed by atoms with Crippen molar-refractivity contribution in [2.24, 2.45) is 0 Å². The highest BCUT2D eigenvalue weighted by Crippen LogP contribution is 2.10. The van der Waals surface area contributed by atoms with Gasteiger partial charge in [0.2, 0.25) is 0 Å². The maximum absolute atomic E-state index is 10.2. The van der Waals surface area contributed by atoms with Gasteiger partial charge in [-0.05, 0) is 13.5 Å². The number of nitrogens with zero attached hydrogens (tertiary/aromatic N) is 1. The van der Waals surface area contributed by atoms with E-state index in [1.54, 1.807) is 11.9 Å². The zero-order chi connectivity index (χ0) is 25.1. The molecular formula is C21H48N2O8S. The van der Waals surface area contributed by atoms with Crippen LogP contribution in [0.3, 0.4) is 0 Å². The predicted molar refractivity (Wildman–Crippen MR) is 128 cm³/mol. The molecule has 0 fully saturated rings. The molecule has 0 saturated heterocycles. The zero-order valence-corrected chi connectivity index (χ0v) is 20.9. The molecule has 0 aromatic rings. The maximum Gasteiger partial charge on any atom is 0.303 e. The number of aliphatic carboxylic acids is 1. The zero-order valence-electron chi connectivity index (χ0n) is 20.0. The van der Waals surface area contributed by atoms with Crippen LogP contribution < -0.4 is 5.32 Å². The maximum atomic E-state index is 10.2. The van der Waals surface area contributed by atoms with Crippen LogP contribution in [0.4, 0.5) is 0 Å². The van der Waals surface area contributed by atoms with E-state index in [0.717, 1.165) is 12.8 Å². The van der Waals surface area contributed by atoms with Gasteiger partial charge in [0.05, 0.1) is 25.6 Å². The number of hydrogen-bond donors (Lipinski definition) is 6. The Morgan fingerprint density at radius 3 is 1.50 bits per heavy atom. The molecule has 0 bridgehead atoms. The van der Waals surface area contributed by atoms with Crippen LogP contribution in [0.2, 0.25) is 0 Å². The average Bonchev–Trinajstić information content (AvgIpc) is 2.72. The molecule has 6 N–H and O–H groups in total. The van der Waals surface area contributed by atoms with E-state index in [4.69, 9.17) is 25.0 Å². The molecule has 0 spiro atoms. The second kappa shape index (κ2) is 28.2. The third kappa shape index (κ3) is 39.6. The fraction of sp³-hybridized carbons (Fsp3) is 0.952. The van der Waals surface area contributed by atoms with Crippen molar-refractivity contribution in [2.75, 3.05) is 58.8 Å². The van der Waals surface area contributed by atoms with Gasteiger partial charge in [0.1, 0.15) is 0 Å². The van der Waals surface area contributed by atoms with Crippen LogP contribution in [-0.4, -0.2) is 103 Å². The molecule has 0 heterocycles. The van der Waals surface area contributed by atoms with E-state index < -0.39 is 16.1 Å². The minimum atomic E-state index is -3.75. The van der Waals surface area contributed by atoms with Crippen molar-refractivity contribution in [3.05, 3.63) is 0 Å². The molecule has 0 unspecified atom stereocenters. The molecule has 0 saturated carbocycles. The van der Waals surface area contributed by atoms with Gasteiger partial charge in [-0.3, -0.25) is 14.2 Å². The lowest BCUT2D eigenvalue weighted by Crippen LogP contribution is -2.32. The lowest BCUT2D eigenvalue weighted by molar-refractivity contribution is -0.137. The van der Waals surface area contributed by atoms with Gasteiger partial charge in [0.15, 0.2) is 0 Å². The molecule has 10 nitrogen and oxygen atoms in total. The van der Waals surface area contributed by atoms with E-state index in [-0.39, 0.29) is 25.6 Å². The van der Waals surface area contributed by atoms with E-state index in [0.29, 0.717) is 32.6 Å². The summed E-state index contributed by atoms with van der Waals surface area (Å²) in [5.41, 5.74) is 0. The molecule has 0 atom stereocenters. The van der Waals surface area contributed by atoms with Crippen molar-refractivity contribution in [2.45, 2.75) is 71.1 Å². The van der Waals surface area contributed by atoms with Crippen LogP contribution >= 0.6 is 0 Å². The Bertz CT molecular complexity index is 464. The molecule has 196 valence electrons. The van der Waals surface area contributed by atoms with Crippen LogP contribution in [0.25, 0.3) is 0 Å². The van der Waals surface area contributed by atoms with Crippen molar-refractivity contribution in [1.82, 2.24) is 10.2 Å². The van der Waals surface area contributed by atoms with E-state index in [9.17, 15) is 13.2 Å². The molecule has 0 rings (SSSR count). The Morgan fingerprint density at radius 1 is 0.812 bits per heavy atom. The van der Waals surface area contributed by atoms with Gasteiger partial charge in [0, 0.05) is 32.6 Å². The van der Waals surface area contributed by atoms with Gasteiger partial charge >= 0.3 is 5.97 Å². The number of aliphatic hydroxyl groups excluding tert-OH is 3. The van der Waals surface area contributed by atoms with Gasteiger partial charge in [-0.15, -0.1) is 0 Å². The Labute approximate surface area is 194 Å². The first-order valence-electron chi connectivity index (χ1n) is 11.5. The Morgan fingerprint density at radius 2 is 1.22 bits per heavy atom. The summed E-state index contributed by atoms with van der Waals surface area (Å²) < 4.78 is 27.9. The van der Waals surface area contributed by atoms with Gasteiger partial charge in [0.25, 0.3) is 10.1 Å². The number of rotatable bonds is 19. The van der Waals surface area contributed by atoms with Gasteiger partial charge in [-0.25, -0.2) is 0 Å². The molecule has 0 aliphatic carbocycles. The number of carboxylic acid groups (broad SMARTS) is 1. The minimum Gasteiger partial charge on any atom is -0.481 e. The highest BCUT2D eigenvalue weighted by molar-refractivity contribution is 7.85. The number of aliphatic hydroxyl groups is 3. The fourth-order valence-corrected chi connectivity index (χ4v) is 3.04. The van der Waals surface area contributed by atoms with E-state index in [2.05, 4.69) is 12.2 Å². The first-order valence-corrected chi connectivity index (χ1v) is 13.2. The number of unbranched alkanes of at least 4 members (excludes halogenated alkanes) is 8. The Kier molecular flexibility index (Phi) is 31.5. The fourth-order valence-electron chi connectivity index (χ4n) is 2.58. The van der Waals surface area contributed by atoms with Crippen molar-refractivity contribution in [3.8, 4) is 0 Å². The molecule has 0 aromatic heterocycles. The largest absolute Gasteiger partial charge is 0.481 e. The van der Waals surface area contributed by atoms with Crippen molar-refractivity contribution in [3.63, 3.8) is 0 Å². The molecule has 11 heteroatoms. The molecule has 32 heavy (non-hydrogen) atoms. The predicted octanol–water partition coefficient (Wildman–Crippen LogP) is 1.35. The number of carbonyl (C=O) groups is 1. The van der Waals surface area contributed by atoms with Crippen molar-refractivity contribution >= 4 is 16.1 Å². The molecule has 0 aromatic carbocycles. The summed E-state index contributed by atoms with van der Waals surface area (Å²) in [6.45, 7) is 4.27. The SMILES string of the molecule is CCCCCCCCCCCC(=O)O.CNCCS(=O)(=O)O.OCCN(CCO)CCO. The third-order valence-electron chi connectivity index (χ3n) is 4.35. The summed E-state index contributed by atoms with van der Waals surface area (Å²) in [4.78, 5) is 12.0. The highest BCUT2D eigenvalue weighted by atomic mass is 32.2. The smallest absolute Gasteiger partial charge is 0.303 e. The summed E-state index contributed by atoms with van der Waals surface area (Å²) in [6, 6.07) is 0. The van der Waals surface area contributed by atoms with Crippen LogP contribution in [0.15, 0.2) is 0 Å². The standard InChI is InChI=1S/C12H24O2.C6H15NO3.C3H9NO3S/c1-2-3-4-5-6-7-8-9-10-11-12(13)14;8-4-1-7(2-5-9)3-6-10;1-4-2-3-8(5,6)7/h2-11H2,1H3,(H,13,14);8-10H,1-6H2;4H,2-3H2,1H3,(H,5,6,7). The van der Waals surface area contributed by atoms with E-state index >= 15 is 0 Å². The summed E-state index contributed by atoms with van der Waals surface area (Å²) in [5.74, 6) is -0.878. The molecular weight excluding hydrogens is 440 g/mol. The Hall–Kier alpha value is -0.820. The first kappa shape index (κ1) is 35.8. The normalized spacial score (nSPS) is 10.8. The van der Waals surface area contributed by atoms with Gasteiger partial charge < -0.3 is 25.7 Å². The lowest BCUT2D eigenvalue weighted by Gasteiger charge is -2.17. The number of carboxylic acids is 1. The average molecular weight is 489 g/mol. The molecule has 0 amide bonds. The van der Waals surface area contributed by atoms with E-state index in [1.165, 1.54) is 44.9 Å². The second-order valence-electron chi connectivity index (χ2n) is 7.37. The number of nitrogens with one attached hydrogen (secondary N) is 1. The summed E-state index contributed by atoms with van der Waals surface area (Å²) in [7, 11) is -2.13. The highest BCUT2D eigenvalue weighted by Gasteiger charge is 2.01.